The quantitative estimate of drug-likeness (QED) is 0.527. The van der Waals surface area contributed by atoms with Crippen molar-refractivity contribution in [3.63, 3.8) is 0 Å². The Balaban J connectivity index is 1.46. The molecular weight excluding hydrogens is 468 g/mol. The molecule has 1 aliphatic heterocycles. The number of sulfone groups is 1. The van der Waals surface area contributed by atoms with Gasteiger partial charge in [0.25, 0.3) is 5.91 Å². The first-order valence-corrected chi connectivity index (χ1v) is 13.4. The van der Waals surface area contributed by atoms with Crippen molar-refractivity contribution in [2.75, 3.05) is 32.4 Å². The standard InChI is InChI=1S/C21H22N4O6S2/c1-15-22-20(23-31-15)16-7-9-17(10-8-16)21(26)24-11-13-25(14-12-24)33(29,30)19-6-4-3-5-18(19)32(2,27)28/h3-10H,11-14H2,1-2H3. The highest BCUT2D eigenvalue weighted by Crippen LogP contribution is 2.25. The third-order valence-corrected chi connectivity index (χ3v) is 8.55. The molecule has 12 heteroatoms. The summed E-state index contributed by atoms with van der Waals surface area (Å²) in [6.45, 7) is 2.18. The molecule has 33 heavy (non-hydrogen) atoms. The summed E-state index contributed by atoms with van der Waals surface area (Å²) in [5.41, 5.74) is 1.17. The van der Waals surface area contributed by atoms with Crippen molar-refractivity contribution in [2.24, 2.45) is 0 Å². The Labute approximate surface area is 191 Å². The van der Waals surface area contributed by atoms with Gasteiger partial charge in [0.1, 0.15) is 4.90 Å². The van der Waals surface area contributed by atoms with Crippen LogP contribution in [0, 0.1) is 6.92 Å². The van der Waals surface area contributed by atoms with E-state index < -0.39 is 19.9 Å². The number of piperazine rings is 1. The van der Waals surface area contributed by atoms with Crippen molar-refractivity contribution < 1.29 is 26.2 Å². The maximum absolute atomic E-state index is 13.1. The van der Waals surface area contributed by atoms with Crippen LogP contribution in [0.1, 0.15) is 16.2 Å². The van der Waals surface area contributed by atoms with Gasteiger partial charge in [0.15, 0.2) is 9.84 Å². The molecule has 0 spiro atoms. The molecule has 4 rings (SSSR count). The molecule has 10 nitrogen and oxygen atoms in total. The molecule has 0 radical (unpaired) electrons. The van der Waals surface area contributed by atoms with Crippen LogP contribution in [0.25, 0.3) is 11.4 Å². The fourth-order valence-electron chi connectivity index (χ4n) is 3.60. The van der Waals surface area contributed by atoms with Crippen LogP contribution in [0.2, 0.25) is 0 Å². The van der Waals surface area contributed by atoms with E-state index in [9.17, 15) is 21.6 Å². The first-order valence-electron chi connectivity index (χ1n) is 10.1. The normalized spacial score (nSPS) is 15.5. The molecule has 0 saturated carbocycles. The number of nitrogens with zero attached hydrogens (tertiary/aromatic N) is 4. The fraction of sp³-hybridized carbons (Fsp3) is 0.286. The summed E-state index contributed by atoms with van der Waals surface area (Å²) in [7, 11) is -7.75. The second-order valence-electron chi connectivity index (χ2n) is 7.63. The molecule has 1 aliphatic rings. The van der Waals surface area contributed by atoms with Gasteiger partial charge in [-0.15, -0.1) is 0 Å². The maximum Gasteiger partial charge on any atom is 0.253 e. The molecule has 1 saturated heterocycles. The van der Waals surface area contributed by atoms with Crippen molar-refractivity contribution in [3.05, 3.63) is 60.0 Å². The Morgan fingerprint density at radius 1 is 0.909 bits per heavy atom. The van der Waals surface area contributed by atoms with Gasteiger partial charge in [-0.2, -0.15) is 9.29 Å². The third-order valence-electron chi connectivity index (χ3n) is 5.31. The Bertz CT molecular complexity index is 1390. The fourth-order valence-corrected chi connectivity index (χ4v) is 6.63. The minimum atomic E-state index is -4.03. The SMILES string of the molecule is Cc1nc(-c2ccc(C(=O)N3CCN(S(=O)(=O)c4ccccc4S(C)(=O)=O)CC3)cc2)no1. The average molecular weight is 491 g/mol. The highest BCUT2D eigenvalue weighted by Gasteiger charge is 2.33. The lowest BCUT2D eigenvalue weighted by Gasteiger charge is -2.34. The third kappa shape index (κ3) is 4.68. The van der Waals surface area contributed by atoms with E-state index in [-0.39, 0.29) is 41.9 Å². The molecule has 1 aromatic heterocycles. The van der Waals surface area contributed by atoms with Gasteiger partial charge < -0.3 is 9.42 Å². The highest BCUT2D eigenvalue weighted by molar-refractivity contribution is 7.93. The van der Waals surface area contributed by atoms with Crippen LogP contribution in [-0.2, 0) is 19.9 Å². The number of rotatable bonds is 5. The molecule has 0 aliphatic carbocycles. The van der Waals surface area contributed by atoms with Crippen molar-refractivity contribution >= 4 is 25.8 Å². The number of hydrogen-bond acceptors (Lipinski definition) is 8. The van der Waals surface area contributed by atoms with Gasteiger partial charge in [-0.3, -0.25) is 4.79 Å². The van der Waals surface area contributed by atoms with Gasteiger partial charge in [-0.05, 0) is 24.3 Å². The van der Waals surface area contributed by atoms with Crippen LogP contribution in [0.5, 0.6) is 0 Å². The second-order valence-corrected chi connectivity index (χ2v) is 11.5. The van der Waals surface area contributed by atoms with Crippen LogP contribution in [0.3, 0.4) is 0 Å². The first-order chi connectivity index (χ1) is 15.6. The first kappa shape index (κ1) is 23.1. The second kappa shape index (κ2) is 8.69. The molecule has 0 N–H and O–H groups in total. The lowest BCUT2D eigenvalue weighted by Crippen LogP contribution is -2.50. The highest BCUT2D eigenvalue weighted by atomic mass is 32.2. The molecule has 1 fully saturated rings. The van der Waals surface area contributed by atoms with Crippen LogP contribution in [-0.4, -0.2) is 74.5 Å². The zero-order valence-electron chi connectivity index (χ0n) is 18.0. The van der Waals surface area contributed by atoms with Crippen LogP contribution in [0.15, 0.2) is 62.8 Å². The lowest BCUT2D eigenvalue weighted by atomic mass is 10.1. The molecule has 0 atom stereocenters. The Morgan fingerprint density at radius 2 is 1.52 bits per heavy atom. The number of sulfonamides is 1. The molecular formula is C21H22N4O6S2. The summed E-state index contributed by atoms with van der Waals surface area (Å²) in [6.07, 6.45) is 0.975. The predicted octanol–water partition coefficient (Wildman–Crippen LogP) is 1.60. The number of benzene rings is 2. The van der Waals surface area contributed by atoms with Gasteiger partial charge >= 0.3 is 0 Å². The molecule has 174 valence electrons. The summed E-state index contributed by atoms with van der Waals surface area (Å²) in [5, 5.41) is 3.85. The zero-order chi connectivity index (χ0) is 23.8. The molecule has 2 heterocycles. The van der Waals surface area contributed by atoms with E-state index in [0.717, 1.165) is 6.26 Å². The van der Waals surface area contributed by atoms with Crippen LogP contribution >= 0.6 is 0 Å². The summed E-state index contributed by atoms with van der Waals surface area (Å²) in [4.78, 5) is 18.1. The van der Waals surface area contributed by atoms with Gasteiger partial charge in [0, 0.05) is 50.5 Å². The molecule has 2 aromatic carbocycles. The minimum Gasteiger partial charge on any atom is -0.339 e. The van der Waals surface area contributed by atoms with E-state index in [1.54, 1.807) is 36.1 Å². The summed E-state index contributed by atoms with van der Waals surface area (Å²) >= 11 is 0. The van der Waals surface area contributed by atoms with Crippen LogP contribution in [0.4, 0.5) is 0 Å². The predicted molar refractivity (Wildman–Crippen MR) is 119 cm³/mol. The van der Waals surface area contributed by atoms with Gasteiger partial charge in [0.2, 0.25) is 21.7 Å². The van der Waals surface area contributed by atoms with Crippen molar-refractivity contribution in [3.8, 4) is 11.4 Å². The number of carbonyl (C=O) groups excluding carboxylic acids is 1. The number of amides is 1. The Kier molecular flexibility index (Phi) is 6.08. The van der Waals surface area contributed by atoms with E-state index in [1.807, 2.05) is 0 Å². The lowest BCUT2D eigenvalue weighted by molar-refractivity contribution is 0.0698. The molecule has 0 unspecified atom stereocenters. The van der Waals surface area contributed by atoms with Crippen molar-refractivity contribution in [2.45, 2.75) is 16.7 Å². The smallest absolute Gasteiger partial charge is 0.253 e. The van der Waals surface area contributed by atoms with E-state index in [1.165, 1.54) is 28.6 Å². The number of aromatic nitrogens is 2. The number of carbonyl (C=O) groups is 1. The maximum atomic E-state index is 13.1. The van der Waals surface area contributed by atoms with E-state index in [2.05, 4.69) is 10.1 Å². The van der Waals surface area contributed by atoms with Gasteiger partial charge in [0.05, 0.1) is 4.90 Å². The van der Waals surface area contributed by atoms with Gasteiger partial charge in [-0.1, -0.05) is 29.4 Å². The molecule has 1 amide bonds. The van der Waals surface area contributed by atoms with Crippen molar-refractivity contribution in [1.29, 1.82) is 0 Å². The summed E-state index contributed by atoms with van der Waals surface area (Å²) in [6, 6.07) is 12.3. The van der Waals surface area contributed by atoms with Gasteiger partial charge in [-0.25, -0.2) is 16.8 Å². The minimum absolute atomic E-state index is 0.0619. The largest absolute Gasteiger partial charge is 0.339 e. The van der Waals surface area contributed by atoms with E-state index >= 15 is 0 Å². The van der Waals surface area contributed by atoms with Crippen LogP contribution < -0.4 is 0 Å². The van der Waals surface area contributed by atoms with E-state index in [0.29, 0.717) is 22.8 Å². The van der Waals surface area contributed by atoms with Crippen molar-refractivity contribution in [1.82, 2.24) is 19.3 Å². The topological polar surface area (TPSA) is 131 Å². The molecule has 3 aromatic rings. The average Bonchev–Trinajstić information content (AvgIpc) is 3.24. The Morgan fingerprint density at radius 3 is 2.06 bits per heavy atom. The monoisotopic (exact) mass is 490 g/mol. The summed E-state index contributed by atoms with van der Waals surface area (Å²) < 4.78 is 56.5. The Hall–Kier alpha value is -3.09. The number of hydrogen-bond donors (Lipinski definition) is 0. The summed E-state index contributed by atoms with van der Waals surface area (Å²) in [5.74, 6) is 0.649. The molecule has 0 bridgehead atoms. The zero-order valence-corrected chi connectivity index (χ0v) is 19.6. The van der Waals surface area contributed by atoms with E-state index in [4.69, 9.17) is 4.52 Å². The number of aryl methyl sites for hydroxylation is 1.